The molecule has 0 spiro atoms. The number of rotatable bonds is 4. The van der Waals surface area contributed by atoms with E-state index in [1.807, 2.05) is 85.3 Å². The summed E-state index contributed by atoms with van der Waals surface area (Å²) >= 11 is 0. The molecule has 0 saturated carbocycles. The van der Waals surface area contributed by atoms with Gasteiger partial charge in [-0.15, -0.1) is 0 Å². The van der Waals surface area contributed by atoms with Crippen LogP contribution < -0.4 is 51.4 Å². The first-order valence-electron chi connectivity index (χ1n) is 16.3. The van der Waals surface area contributed by atoms with Crippen molar-refractivity contribution in [3.63, 3.8) is 0 Å². The summed E-state index contributed by atoms with van der Waals surface area (Å²) in [6.07, 6.45) is 27.0. The van der Waals surface area contributed by atoms with Gasteiger partial charge in [0.25, 0.3) is 0 Å². The molecule has 52 heavy (non-hydrogen) atoms. The van der Waals surface area contributed by atoms with Crippen molar-refractivity contribution in [2.75, 3.05) is 20.1 Å². The molecule has 5 aliphatic rings. The molecule has 0 saturated heterocycles. The van der Waals surface area contributed by atoms with E-state index in [1.165, 1.54) is 0 Å². The Balaban J connectivity index is 0.000000660. The van der Waals surface area contributed by atoms with E-state index >= 15 is 0 Å². The van der Waals surface area contributed by atoms with Crippen LogP contribution in [0.25, 0.3) is 11.6 Å². The molecule has 0 aromatic carbocycles. The Labute approximate surface area is 367 Å². The summed E-state index contributed by atoms with van der Waals surface area (Å²) in [5.41, 5.74) is 4.53. The Bertz CT molecular complexity index is 1710. The zero-order valence-electron chi connectivity index (χ0n) is 31.5. The normalized spacial score (nSPS) is 21.3. The molecule has 276 valence electrons. The summed E-state index contributed by atoms with van der Waals surface area (Å²) in [7, 11) is 7.94. The molecule has 5 aliphatic heterocycles. The molecule has 0 N–H and O–H groups in total. The van der Waals surface area contributed by atoms with Crippen molar-refractivity contribution in [2.24, 2.45) is 69.8 Å². The SMILES string of the molecule is C.C.CC1C=CN=C1C1=NC=CC1C.CC1C=CN=C1C1=NC=CC1C.CN1CCN=C1c1nccn1C.Cn1ccnc1-c1nccn1C.[H-].[K+].[Os]. The van der Waals surface area contributed by atoms with Crippen LogP contribution in [0.3, 0.4) is 0 Å². The van der Waals surface area contributed by atoms with Crippen molar-refractivity contribution in [1.29, 1.82) is 0 Å². The predicted octanol–water partition coefficient (Wildman–Crippen LogP) is 3.71. The molecule has 0 fully saturated rings. The van der Waals surface area contributed by atoms with E-state index in [9.17, 15) is 0 Å². The standard InChI is InChI=1S/2C10H12N2.C8H12N4.C8H10N4.2CH4.K.Os.H/c2*1-7-3-5-11-9(7)10-8(2)4-6-12-10;2*1-11-5-3-9-7(11)8-10-4-6-12(8)2;;;;;/h2*3-8H,1-2H3;3,5H,4,6H2,1-2H3;3-6H,1-2H3;2*1H4;;;/q;;;;;;+1;;-1. The Morgan fingerprint density at radius 3 is 1.06 bits per heavy atom. The van der Waals surface area contributed by atoms with E-state index in [-0.39, 0.29) is 87.5 Å². The van der Waals surface area contributed by atoms with Gasteiger partial charge in [-0.2, -0.15) is 0 Å². The number of hydrogen-bond acceptors (Lipinski definition) is 9. The molecule has 0 amide bonds. The first-order chi connectivity index (χ1) is 23.2. The average Bonchev–Trinajstić information content (AvgIpc) is 3.89. The van der Waals surface area contributed by atoms with Crippen molar-refractivity contribution in [3.8, 4) is 11.6 Å². The van der Waals surface area contributed by atoms with Gasteiger partial charge in [-0.25, -0.2) is 15.0 Å². The van der Waals surface area contributed by atoms with Crippen LogP contribution in [0.2, 0.25) is 0 Å². The second kappa shape index (κ2) is 22.3. The Morgan fingerprint density at radius 2 is 0.846 bits per heavy atom. The molecule has 8 heterocycles. The monoisotopic (exact) mass is 910 g/mol. The third-order valence-electron chi connectivity index (χ3n) is 8.53. The van der Waals surface area contributed by atoms with Crippen LogP contribution in [0.5, 0.6) is 0 Å². The maximum Gasteiger partial charge on any atom is 1.00 e. The Hall–Kier alpha value is -2.99. The Morgan fingerprint density at radius 1 is 0.538 bits per heavy atom. The molecule has 0 aliphatic carbocycles. The van der Waals surface area contributed by atoms with Gasteiger partial charge in [0.05, 0.1) is 29.4 Å². The fourth-order valence-electron chi connectivity index (χ4n) is 5.56. The summed E-state index contributed by atoms with van der Waals surface area (Å²) in [5, 5.41) is 0. The van der Waals surface area contributed by atoms with Crippen LogP contribution in [0.15, 0.2) is 111 Å². The topological polar surface area (TPSA) is 118 Å². The van der Waals surface area contributed by atoms with E-state index in [0.29, 0.717) is 23.7 Å². The van der Waals surface area contributed by atoms with E-state index in [4.69, 9.17) is 0 Å². The van der Waals surface area contributed by atoms with Crippen LogP contribution >= 0.6 is 0 Å². The minimum atomic E-state index is 0. The van der Waals surface area contributed by atoms with Crippen molar-refractivity contribution in [2.45, 2.75) is 42.5 Å². The number of hydrogen-bond donors (Lipinski definition) is 0. The zero-order chi connectivity index (χ0) is 34.2. The summed E-state index contributed by atoms with van der Waals surface area (Å²) in [6, 6.07) is 0. The smallest absolute Gasteiger partial charge is 1.00 e. The largest absolute Gasteiger partial charge is 1.00 e. The number of aromatic nitrogens is 6. The first kappa shape index (κ1) is 47.0. The number of aliphatic imine (C=N–C) groups is 5. The van der Waals surface area contributed by atoms with Crippen LogP contribution in [0.4, 0.5) is 0 Å². The van der Waals surface area contributed by atoms with Gasteiger partial charge in [0, 0.05) is 140 Å². The maximum atomic E-state index is 4.38. The fourth-order valence-corrected chi connectivity index (χ4v) is 5.56. The quantitative estimate of drug-likeness (QED) is 0.372. The van der Waals surface area contributed by atoms with Gasteiger partial charge < -0.3 is 20.0 Å². The van der Waals surface area contributed by atoms with Crippen molar-refractivity contribution in [3.05, 3.63) is 92.1 Å². The molecule has 14 heteroatoms. The van der Waals surface area contributed by atoms with Crippen LogP contribution in [0, 0.1) is 23.7 Å². The van der Waals surface area contributed by atoms with Gasteiger partial charge in [-0.3, -0.25) is 25.0 Å². The number of nitrogens with zero attached hydrogens (tertiary/aromatic N) is 12. The summed E-state index contributed by atoms with van der Waals surface area (Å²) in [5.74, 6) is 5.48. The molecule has 0 radical (unpaired) electrons. The predicted molar refractivity (Wildman–Crippen MR) is 210 cm³/mol. The molecule has 0 bridgehead atoms. The molecule has 3 aromatic heterocycles. The minimum absolute atomic E-state index is 0. The van der Waals surface area contributed by atoms with Gasteiger partial charge in [0.2, 0.25) is 0 Å². The number of aryl methyl sites for hydroxylation is 3. The average molecular weight is 909 g/mol. The van der Waals surface area contributed by atoms with Gasteiger partial charge in [0.1, 0.15) is 0 Å². The summed E-state index contributed by atoms with van der Waals surface area (Å²) in [4.78, 5) is 36.4. The van der Waals surface area contributed by atoms with E-state index in [2.05, 4.69) is 96.8 Å². The molecule has 3 aromatic rings. The van der Waals surface area contributed by atoms with Crippen molar-refractivity contribution < 1.29 is 72.6 Å². The zero-order valence-corrected chi connectivity index (χ0v) is 36.2. The second-order valence-corrected chi connectivity index (χ2v) is 12.3. The molecule has 12 nitrogen and oxygen atoms in total. The molecular formula is C38H55KN12Os. The van der Waals surface area contributed by atoms with Crippen molar-refractivity contribution in [1.82, 2.24) is 33.6 Å². The number of allylic oxidation sites excluding steroid dienone is 4. The summed E-state index contributed by atoms with van der Waals surface area (Å²) < 4.78 is 5.88. The number of amidine groups is 1. The van der Waals surface area contributed by atoms with Crippen LogP contribution in [-0.4, -0.2) is 82.4 Å². The molecule has 4 unspecified atom stereocenters. The van der Waals surface area contributed by atoms with E-state index in [0.717, 1.165) is 59.2 Å². The molecule has 8 rings (SSSR count). The summed E-state index contributed by atoms with van der Waals surface area (Å²) in [6.45, 7) is 10.5. The van der Waals surface area contributed by atoms with E-state index in [1.54, 1.807) is 18.6 Å². The molecular weight excluding hydrogens is 854 g/mol. The van der Waals surface area contributed by atoms with Crippen molar-refractivity contribution >= 4 is 28.7 Å². The third kappa shape index (κ3) is 11.5. The second-order valence-electron chi connectivity index (χ2n) is 12.3. The van der Waals surface area contributed by atoms with Gasteiger partial charge in [-0.05, 0) is 0 Å². The first-order valence-corrected chi connectivity index (χ1v) is 16.3. The third-order valence-corrected chi connectivity index (χ3v) is 8.53. The van der Waals surface area contributed by atoms with Gasteiger partial charge in [0.15, 0.2) is 23.3 Å². The maximum absolute atomic E-state index is 4.38. The van der Waals surface area contributed by atoms with Gasteiger partial charge in [-0.1, -0.05) is 66.9 Å². The van der Waals surface area contributed by atoms with Crippen LogP contribution in [-0.2, 0) is 40.9 Å². The number of likely N-dealkylation sites (N-methyl/N-ethyl adjacent to an activating group) is 1. The Kier molecular flexibility index (Phi) is 20.2. The number of imidazole rings is 3. The van der Waals surface area contributed by atoms with E-state index < -0.39 is 0 Å². The fraction of sp³-hybridized carbons (Fsp3) is 0.421. The van der Waals surface area contributed by atoms with Gasteiger partial charge >= 0.3 is 51.4 Å². The minimum Gasteiger partial charge on any atom is -1.00 e. The molecule has 4 atom stereocenters. The van der Waals surface area contributed by atoms with Crippen LogP contribution in [0.1, 0.15) is 49.8 Å².